The molecule has 0 saturated carbocycles. The predicted octanol–water partition coefficient (Wildman–Crippen LogP) is 3.40. The number of aromatic nitrogens is 4. The summed E-state index contributed by atoms with van der Waals surface area (Å²) in [4.78, 5) is 14.3. The molecule has 2 fully saturated rings. The number of hydrogen-bond acceptors (Lipinski definition) is 6. The number of amides is 1. The number of benzene rings is 2. The van der Waals surface area contributed by atoms with E-state index in [2.05, 4.69) is 37.2 Å². The second-order valence-corrected chi connectivity index (χ2v) is 9.76. The van der Waals surface area contributed by atoms with Gasteiger partial charge in [-0.2, -0.15) is 10.2 Å². The summed E-state index contributed by atoms with van der Waals surface area (Å²) in [6, 6.07) is 7.88. The zero-order valence-corrected chi connectivity index (χ0v) is 20.8. The molecule has 0 atom stereocenters. The van der Waals surface area contributed by atoms with Gasteiger partial charge in [0.2, 0.25) is 0 Å². The summed E-state index contributed by atoms with van der Waals surface area (Å²) in [5.74, 6) is -1.12. The number of piperidine rings is 1. The SMILES string of the molecule is Cc1cc(F)c(-c2n[nH]cc2C(N)=O)cc1-c1cc(N2CCOCC2)c2c(cnn2C2CCNCC2)c1. The maximum Gasteiger partial charge on any atom is 0.252 e. The lowest BCUT2D eigenvalue weighted by Gasteiger charge is -2.31. The average molecular weight is 504 g/mol. The van der Waals surface area contributed by atoms with Crippen LogP contribution in [0.1, 0.15) is 34.8 Å². The topological polar surface area (TPSA) is 114 Å². The molecule has 0 bridgehead atoms. The maximum atomic E-state index is 15.1. The third kappa shape index (κ3) is 4.25. The highest BCUT2D eigenvalue weighted by atomic mass is 19.1. The Morgan fingerprint density at radius 3 is 2.68 bits per heavy atom. The molecule has 9 nitrogen and oxygen atoms in total. The molecule has 2 aliphatic rings. The van der Waals surface area contributed by atoms with Crippen molar-refractivity contribution >= 4 is 22.5 Å². The number of nitrogens with zero attached hydrogens (tertiary/aromatic N) is 4. The maximum absolute atomic E-state index is 15.1. The van der Waals surface area contributed by atoms with Crippen LogP contribution in [-0.2, 0) is 4.74 Å². The quantitative estimate of drug-likeness (QED) is 0.385. The number of carbonyl (C=O) groups is 1. The van der Waals surface area contributed by atoms with E-state index in [1.165, 1.54) is 12.3 Å². The third-order valence-electron chi connectivity index (χ3n) is 7.46. The number of carbonyl (C=O) groups excluding carboxylic acids is 1. The monoisotopic (exact) mass is 503 g/mol. The zero-order chi connectivity index (χ0) is 25.5. The highest BCUT2D eigenvalue weighted by Crippen LogP contribution is 2.39. The fourth-order valence-corrected chi connectivity index (χ4v) is 5.55. The lowest BCUT2D eigenvalue weighted by molar-refractivity contribution is 0.100. The van der Waals surface area contributed by atoms with Crippen molar-refractivity contribution in [2.24, 2.45) is 5.73 Å². The predicted molar refractivity (Wildman–Crippen MR) is 140 cm³/mol. The van der Waals surface area contributed by atoms with E-state index < -0.39 is 11.7 Å². The fourth-order valence-electron chi connectivity index (χ4n) is 5.55. The van der Waals surface area contributed by atoms with Crippen molar-refractivity contribution in [3.63, 3.8) is 0 Å². The molecule has 2 aromatic carbocycles. The van der Waals surface area contributed by atoms with Gasteiger partial charge < -0.3 is 20.7 Å². The summed E-state index contributed by atoms with van der Waals surface area (Å²) in [5, 5.41) is 16.1. The molecule has 0 unspecified atom stereocenters. The molecule has 1 amide bonds. The summed E-state index contributed by atoms with van der Waals surface area (Å²) in [7, 11) is 0. The zero-order valence-electron chi connectivity index (χ0n) is 20.8. The normalized spacial score (nSPS) is 17.0. The molecule has 2 aromatic heterocycles. The fraction of sp³-hybridized carbons (Fsp3) is 0.370. The lowest BCUT2D eigenvalue weighted by atomic mass is 9.94. The first-order valence-corrected chi connectivity index (χ1v) is 12.7. The van der Waals surface area contributed by atoms with Gasteiger partial charge in [-0.3, -0.25) is 14.6 Å². The third-order valence-corrected chi connectivity index (χ3v) is 7.46. The molecule has 10 heteroatoms. The van der Waals surface area contributed by atoms with Crippen LogP contribution in [0.3, 0.4) is 0 Å². The molecule has 6 rings (SSSR count). The number of morpholine rings is 1. The van der Waals surface area contributed by atoms with Gasteiger partial charge in [-0.1, -0.05) is 0 Å². The van der Waals surface area contributed by atoms with Crippen molar-refractivity contribution in [2.75, 3.05) is 44.3 Å². The van der Waals surface area contributed by atoms with E-state index in [1.54, 1.807) is 6.07 Å². The Labute approximate surface area is 213 Å². The highest BCUT2D eigenvalue weighted by molar-refractivity contribution is 6.00. The number of ether oxygens (including phenoxy) is 1. The molecule has 4 aromatic rings. The van der Waals surface area contributed by atoms with Gasteiger partial charge in [0.25, 0.3) is 5.91 Å². The first-order valence-electron chi connectivity index (χ1n) is 12.7. The van der Waals surface area contributed by atoms with Crippen LogP contribution in [0.25, 0.3) is 33.3 Å². The van der Waals surface area contributed by atoms with Crippen LogP contribution >= 0.6 is 0 Å². The molecular weight excluding hydrogens is 473 g/mol. The smallest absolute Gasteiger partial charge is 0.252 e. The molecule has 0 radical (unpaired) electrons. The molecule has 2 aliphatic heterocycles. The second-order valence-electron chi connectivity index (χ2n) is 9.76. The van der Waals surface area contributed by atoms with Crippen molar-refractivity contribution in [1.29, 1.82) is 0 Å². The van der Waals surface area contributed by atoms with E-state index in [9.17, 15) is 4.79 Å². The summed E-state index contributed by atoms with van der Waals surface area (Å²) in [5.41, 5.74) is 10.9. The van der Waals surface area contributed by atoms with Crippen molar-refractivity contribution in [3.05, 3.63) is 53.6 Å². The first kappa shape index (κ1) is 23.6. The minimum absolute atomic E-state index is 0.154. The summed E-state index contributed by atoms with van der Waals surface area (Å²) in [6.07, 6.45) is 5.40. The van der Waals surface area contributed by atoms with Crippen molar-refractivity contribution in [2.45, 2.75) is 25.8 Å². The van der Waals surface area contributed by atoms with Crippen molar-refractivity contribution in [3.8, 4) is 22.4 Å². The van der Waals surface area contributed by atoms with E-state index >= 15 is 4.39 Å². The number of fused-ring (bicyclic) bond motifs is 1. The van der Waals surface area contributed by atoms with Gasteiger partial charge >= 0.3 is 0 Å². The number of nitrogens with one attached hydrogen (secondary N) is 2. The largest absolute Gasteiger partial charge is 0.378 e. The molecule has 0 spiro atoms. The Hall–Kier alpha value is -3.76. The molecule has 4 N–H and O–H groups in total. The van der Waals surface area contributed by atoms with Gasteiger partial charge in [-0.05, 0) is 73.8 Å². The van der Waals surface area contributed by atoms with Crippen LogP contribution in [0.5, 0.6) is 0 Å². The Bertz CT molecular complexity index is 1470. The van der Waals surface area contributed by atoms with E-state index in [1.807, 2.05) is 13.1 Å². The number of hydrogen-bond donors (Lipinski definition) is 3. The van der Waals surface area contributed by atoms with Gasteiger partial charge in [0, 0.05) is 30.2 Å². The highest BCUT2D eigenvalue weighted by Gasteiger charge is 2.25. The van der Waals surface area contributed by atoms with E-state index in [0.29, 0.717) is 19.3 Å². The number of anilines is 1. The number of aromatic amines is 1. The number of aryl methyl sites for hydroxylation is 1. The van der Waals surface area contributed by atoms with E-state index in [4.69, 9.17) is 15.6 Å². The minimum Gasteiger partial charge on any atom is -0.378 e. The van der Waals surface area contributed by atoms with Crippen LogP contribution in [0.2, 0.25) is 0 Å². The number of rotatable bonds is 5. The Kier molecular flexibility index (Phi) is 6.13. The molecule has 2 saturated heterocycles. The van der Waals surface area contributed by atoms with Gasteiger partial charge in [0.05, 0.1) is 42.2 Å². The van der Waals surface area contributed by atoms with Crippen LogP contribution in [0, 0.1) is 12.7 Å². The summed E-state index contributed by atoms with van der Waals surface area (Å²) < 4.78 is 23.0. The van der Waals surface area contributed by atoms with Crippen molar-refractivity contribution in [1.82, 2.24) is 25.3 Å². The van der Waals surface area contributed by atoms with Gasteiger partial charge in [-0.15, -0.1) is 0 Å². The number of primary amides is 1. The van der Waals surface area contributed by atoms with E-state index in [-0.39, 0.29) is 16.8 Å². The molecule has 0 aliphatic carbocycles. The van der Waals surface area contributed by atoms with Crippen LogP contribution in [0.4, 0.5) is 10.1 Å². The Balaban J connectivity index is 1.52. The first-order chi connectivity index (χ1) is 18.0. The average Bonchev–Trinajstić information content (AvgIpc) is 3.57. The Morgan fingerprint density at radius 1 is 1.14 bits per heavy atom. The van der Waals surface area contributed by atoms with Gasteiger partial charge in [0.15, 0.2) is 0 Å². The van der Waals surface area contributed by atoms with Crippen LogP contribution in [-0.4, -0.2) is 65.3 Å². The van der Waals surface area contributed by atoms with Crippen LogP contribution in [0.15, 0.2) is 36.7 Å². The van der Waals surface area contributed by atoms with Crippen LogP contribution < -0.4 is 16.0 Å². The lowest BCUT2D eigenvalue weighted by Crippen LogP contribution is -2.37. The minimum atomic E-state index is -0.661. The molecular formula is C27H30FN7O2. The van der Waals surface area contributed by atoms with Gasteiger partial charge in [0.1, 0.15) is 11.5 Å². The van der Waals surface area contributed by atoms with E-state index in [0.717, 1.165) is 72.3 Å². The standard InChI is InChI=1S/C27H30FN7O2/c1-16-10-23(28)21(25-22(27(29)36)15-31-33-25)13-20(16)17-11-18-14-32-35(19-2-4-30-5-3-19)26(18)24(12-17)34-6-8-37-9-7-34/h10-15,19,30H,2-9H2,1H3,(H2,29,36)(H,31,33). The molecule has 4 heterocycles. The second kappa shape index (κ2) is 9.60. The summed E-state index contributed by atoms with van der Waals surface area (Å²) in [6.45, 7) is 6.77. The number of nitrogens with two attached hydrogens (primary N) is 1. The molecule has 192 valence electrons. The van der Waals surface area contributed by atoms with Gasteiger partial charge in [-0.25, -0.2) is 4.39 Å². The Morgan fingerprint density at radius 2 is 1.92 bits per heavy atom. The number of halogens is 1. The van der Waals surface area contributed by atoms with Crippen molar-refractivity contribution < 1.29 is 13.9 Å². The number of H-pyrrole nitrogens is 1. The summed E-state index contributed by atoms with van der Waals surface area (Å²) >= 11 is 0. The molecule has 37 heavy (non-hydrogen) atoms.